The van der Waals surface area contributed by atoms with Crippen molar-refractivity contribution in [3.05, 3.63) is 157 Å². The van der Waals surface area contributed by atoms with Gasteiger partial charge in [0.2, 0.25) is 0 Å². The minimum absolute atomic E-state index is 0.0113. The largest absolute Gasteiger partial charge is 0.478 e. The molecule has 0 saturated carbocycles. The molecular formula is C39H26N4O5. The lowest BCUT2D eigenvalue weighted by atomic mass is 10.1. The molecule has 3 aromatic carbocycles. The molecule has 0 aliphatic rings. The van der Waals surface area contributed by atoms with E-state index in [-0.39, 0.29) is 28.2 Å². The van der Waals surface area contributed by atoms with Crippen LogP contribution in [-0.4, -0.2) is 37.1 Å². The number of carboxylic acids is 2. The quantitative estimate of drug-likeness (QED) is 0.160. The number of pyridine rings is 3. The van der Waals surface area contributed by atoms with E-state index < -0.39 is 11.9 Å². The number of nitrogens with zero attached hydrogens (tertiary/aromatic N) is 4. The standard InChI is InChI=1S/C39H26N4O5/c44-38(45)27-18-20-41-33(22-27)35-24-28(39(46)47)23-34(42-35)32-21-26(17-19-40-32)37-16-15-36(48-37)25-11-13-31(14-12-25)43(29-7-3-1-4-8-29)30-9-5-2-6-10-30/h1-24H,(H,44,45)(H,46,47). The molecule has 4 heterocycles. The summed E-state index contributed by atoms with van der Waals surface area (Å²) in [6.07, 6.45) is 2.94. The molecule has 0 fully saturated rings. The summed E-state index contributed by atoms with van der Waals surface area (Å²) in [7, 11) is 0. The molecule has 7 rings (SSSR count). The van der Waals surface area contributed by atoms with E-state index in [4.69, 9.17) is 4.42 Å². The maximum absolute atomic E-state index is 12.0. The highest BCUT2D eigenvalue weighted by atomic mass is 16.4. The zero-order valence-corrected chi connectivity index (χ0v) is 25.3. The monoisotopic (exact) mass is 630 g/mol. The lowest BCUT2D eigenvalue weighted by molar-refractivity contribution is 0.0686. The van der Waals surface area contributed by atoms with E-state index in [0.29, 0.717) is 17.2 Å². The van der Waals surface area contributed by atoms with Gasteiger partial charge in [-0.05, 0) is 97.1 Å². The summed E-state index contributed by atoms with van der Waals surface area (Å²) < 4.78 is 6.29. The lowest BCUT2D eigenvalue weighted by Gasteiger charge is -2.25. The summed E-state index contributed by atoms with van der Waals surface area (Å²) in [6.45, 7) is 0. The van der Waals surface area contributed by atoms with Crippen LogP contribution in [0, 0.1) is 0 Å². The number of benzene rings is 3. The van der Waals surface area contributed by atoms with Gasteiger partial charge in [0.15, 0.2) is 0 Å². The van der Waals surface area contributed by atoms with Crippen LogP contribution in [0.4, 0.5) is 17.1 Å². The fraction of sp³-hybridized carbons (Fsp3) is 0. The van der Waals surface area contributed by atoms with E-state index in [1.807, 2.05) is 60.7 Å². The van der Waals surface area contributed by atoms with Crippen LogP contribution in [0.2, 0.25) is 0 Å². The molecule has 2 N–H and O–H groups in total. The molecule has 232 valence electrons. The minimum Gasteiger partial charge on any atom is -0.478 e. The summed E-state index contributed by atoms with van der Waals surface area (Å²) in [5.74, 6) is -1.02. The number of aromatic nitrogens is 3. The molecular weight excluding hydrogens is 604 g/mol. The van der Waals surface area contributed by atoms with E-state index in [2.05, 4.69) is 56.3 Å². The Balaban J connectivity index is 1.19. The first-order valence-electron chi connectivity index (χ1n) is 15.0. The number of carbonyl (C=O) groups is 2. The van der Waals surface area contributed by atoms with Crippen molar-refractivity contribution in [2.75, 3.05) is 4.90 Å². The van der Waals surface area contributed by atoms with Gasteiger partial charge in [0.05, 0.1) is 33.9 Å². The first-order valence-corrected chi connectivity index (χ1v) is 15.0. The molecule has 7 aromatic rings. The van der Waals surface area contributed by atoms with Crippen LogP contribution >= 0.6 is 0 Å². The minimum atomic E-state index is -1.16. The molecule has 0 radical (unpaired) electrons. The predicted molar refractivity (Wildman–Crippen MR) is 182 cm³/mol. The zero-order valence-electron chi connectivity index (χ0n) is 25.3. The third-order valence-electron chi connectivity index (χ3n) is 7.69. The lowest BCUT2D eigenvalue weighted by Crippen LogP contribution is -2.09. The Hall–Kier alpha value is -6.87. The van der Waals surface area contributed by atoms with Crippen molar-refractivity contribution in [3.63, 3.8) is 0 Å². The molecule has 0 atom stereocenters. The molecule has 0 aliphatic carbocycles. The summed E-state index contributed by atoms with van der Waals surface area (Å²) >= 11 is 0. The van der Waals surface area contributed by atoms with Crippen LogP contribution < -0.4 is 4.90 Å². The fourth-order valence-electron chi connectivity index (χ4n) is 5.37. The van der Waals surface area contributed by atoms with Crippen LogP contribution in [0.1, 0.15) is 20.7 Å². The van der Waals surface area contributed by atoms with Gasteiger partial charge < -0.3 is 19.5 Å². The van der Waals surface area contributed by atoms with Crippen LogP contribution in [0.15, 0.2) is 150 Å². The Morgan fingerprint density at radius 1 is 0.500 bits per heavy atom. The maximum Gasteiger partial charge on any atom is 0.335 e. The molecule has 9 heteroatoms. The molecule has 0 saturated heterocycles. The van der Waals surface area contributed by atoms with Gasteiger partial charge in [0.1, 0.15) is 11.5 Å². The third-order valence-corrected chi connectivity index (χ3v) is 7.69. The Bertz CT molecular complexity index is 2210. The number of anilines is 3. The van der Waals surface area contributed by atoms with Gasteiger partial charge in [-0.3, -0.25) is 9.97 Å². The Kier molecular flexibility index (Phi) is 7.99. The third kappa shape index (κ3) is 6.16. The molecule has 48 heavy (non-hydrogen) atoms. The van der Waals surface area contributed by atoms with Crippen LogP contribution in [0.5, 0.6) is 0 Å². The Labute approximate surface area is 275 Å². The zero-order chi connectivity index (χ0) is 33.0. The normalized spacial score (nSPS) is 10.8. The van der Waals surface area contributed by atoms with Crippen LogP contribution in [0.3, 0.4) is 0 Å². The number of para-hydroxylation sites is 2. The molecule has 0 bridgehead atoms. The van der Waals surface area contributed by atoms with Crippen molar-refractivity contribution in [3.8, 4) is 45.4 Å². The van der Waals surface area contributed by atoms with Gasteiger partial charge in [-0.25, -0.2) is 14.6 Å². The highest BCUT2D eigenvalue weighted by molar-refractivity contribution is 5.91. The second-order valence-electron chi connectivity index (χ2n) is 10.8. The van der Waals surface area contributed by atoms with Crippen molar-refractivity contribution in [2.45, 2.75) is 0 Å². The van der Waals surface area contributed by atoms with Crippen molar-refractivity contribution in [2.24, 2.45) is 0 Å². The maximum atomic E-state index is 12.0. The molecule has 0 amide bonds. The highest BCUT2D eigenvalue weighted by Gasteiger charge is 2.17. The van der Waals surface area contributed by atoms with Gasteiger partial charge in [-0.1, -0.05) is 36.4 Å². The summed E-state index contributed by atoms with van der Waals surface area (Å²) in [6, 6.07) is 41.3. The van der Waals surface area contributed by atoms with Crippen molar-refractivity contribution in [1.82, 2.24) is 15.0 Å². The number of aromatic carboxylic acids is 2. The number of furan rings is 1. The topological polar surface area (TPSA) is 130 Å². The van der Waals surface area contributed by atoms with E-state index in [0.717, 1.165) is 28.2 Å². The number of hydrogen-bond acceptors (Lipinski definition) is 7. The molecule has 0 unspecified atom stereocenters. The first kappa shape index (κ1) is 29.8. The fourth-order valence-corrected chi connectivity index (χ4v) is 5.37. The van der Waals surface area contributed by atoms with Crippen molar-refractivity contribution in [1.29, 1.82) is 0 Å². The second kappa shape index (κ2) is 12.9. The number of hydrogen-bond donors (Lipinski definition) is 2. The highest BCUT2D eigenvalue weighted by Crippen LogP contribution is 2.36. The van der Waals surface area contributed by atoms with E-state index in [1.165, 1.54) is 30.5 Å². The van der Waals surface area contributed by atoms with E-state index in [9.17, 15) is 19.8 Å². The average molecular weight is 631 g/mol. The van der Waals surface area contributed by atoms with Crippen LogP contribution in [0.25, 0.3) is 45.4 Å². The predicted octanol–water partition coefficient (Wildman–Crippen LogP) is 9.00. The Morgan fingerprint density at radius 3 is 1.58 bits per heavy atom. The second-order valence-corrected chi connectivity index (χ2v) is 10.8. The van der Waals surface area contributed by atoms with Crippen LogP contribution in [-0.2, 0) is 0 Å². The van der Waals surface area contributed by atoms with Gasteiger partial charge in [-0.2, -0.15) is 0 Å². The first-order chi connectivity index (χ1) is 23.4. The van der Waals surface area contributed by atoms with Gasteiger partial charge >= 0.3 is 11.9 Å². The Morgan fingerprint density at radius 2 is 1.00 bits per heavy atom. The van der Waals surface area contributed by atoms with Gasteiger partial charge in [0.25, 0.3) is 0 Å². The van der Waals surface area contributed by atoms with E-state index >= 15 is 0 Å². The van der Waals surface area contributed by atoms with Gasteiger partial charge in [-0.15, -0.1) is 0 Å². The van der Waals surface area contributed by atoms with Crippen molar-refractivity contribution < 1.29 is 24.2 Å². The summed E-state index contributed by atoms with van der Waals surface area (Å²) in [5.41, 5.74) is 5.83. The average Bonchev–Trinajstić information content (AvgIpc) is 3.64. The molecule has 4 aromatic heterocycles. The number of carboxylic acid groups (broad SMARTS) is 2. The summed E-state index contributed by atoms with van der Waals surface area (Å²) in [5, 5.41) is 19.2. The molecule has 0 spiro atoms. The smallest absolute Gasteiger partial charge is 0.335 e. The summed E-state index contributed by atoms with van der Waals surface area (Å²) in [4.78, 5) is 38.9. The SMILES string of the molecule is O=C(O)c1ccnc(-c2cc(C(=O)O)cc(-c3cc(-c4ccc(-c5ccc(N(c6ccccc6)c6ccccc6)cc5)o4)ccn3)n2)c1. The van der Waals surface area contributed by atoms with Gasteiger partial charge in [0, 0.05) is 40.6 Å². The molecule has 0 aliphatic heterocycles. The van der Waals surface area contributed by atoms with Crippen molar-refractivity contribution >= 4 is 29.0 Å². The molecule has 9 nitrogen and oxygen atoms in total. The van der Waals surface area contributed by atoms with E-state index in [1.54, 1.807) is 18.3 Å². The number of rotatable bonds is 9.